The maximum absolute atomic E-state index is 11.1. The van der Waals surface area contributed by atoms with Crippen LogP contribution in [0.2, 0.25) is 0 Å². The van der Waals surface area contributed by atoms with E-state index < -0.39 is 54.1 Å². The SMILES string of the molecule is O=C(O)c1cc(S(=O)(=O)O)c(C(=O)O)c(Br)c1C(=O)O. The van der Waals surface area contributed by atoms with Crippen molar-refractivity contribution in [3.8, 4) is 0 Å². The third kappa shape index (κ3) is 2.79. The van der Waals surface area contributed by atoms with Gasteiger partial charge in [0.15, 0.2) is 0 Å². The Hall–Kier alpha value is -1.98. The predicted molar refractivity (Wildman–Crippen MR) is 64.8 cm³/mol. The molecule has 0 aliphatic heterocycles. The van der Waals surface area contributed by atoms with Crippen molar-refractivity contribution in [3.63, 3.8) is 0 Å². The van der Waals surface area contributed by atoms with Crippen LogP contribution >= 0.6 is 15.9 Å². The first-order chi connectivity index (χ1) is 8.98. The van der Waals surface area contributed by atoms with Gasteiger partial charge in [0.25, 0.3) is 10.1 Å². The zero-order chi connectivity index (χ0) is 15.8. The van der Waals surface area contributed by atoms with Crippen molar-refractivity contribution >= 4 is 44.0 Å². The number of benzene rings is 1. The van der Waals surface area contributed by atoms with Crippen LogP contribution in [-0.2, 0) is 10.1 Å². The number of carboxylic acid groups (broad SMARTS) is 3. The van der Waals surface area contributed by atoms with Crippen LogP contribution < -0.4 is 0 Å². The van der Waals surface area contributed by atoms with Crippen LogP contribution in [0, 0.1) is 0 Å². The lowest BCUT2D eigenvalue weighted by atomic mass is 10.0. The van der Waals surface area contributed by atoms with E-state index in [1.807, 2.05) is 0 Å². The van der Waals surface area contributed by atoms with Crippen LogP contribution in [0.15, 0.2) is 15.4 Å². The zero-order valence-electron chi connectivity index (χ0n) is 9.19. The highest BCUT2D eigenvalue weighted by Crippen LogP contribution is 2.31. The van der Waals surface area contributed by atoms with Crippen molar-refractivity contribution in [2.45, 2.75) is 4.90 Å². The first-order valence-electron chi connectivity index (χ1n) is 4.52. The van der Waals surface area contributed by atoms with Crippen molar-refractivity contribution in [3.05, 3.63) is 27.2 Å². The van der Waals surface area contributed by atoms with E-state index in [-0.39, 0.29) is 6.07 Å². The Morgan fingerprint density at radius 2 is 1.40 bits per heavy atom. The molecule has 1 rings (SSSR count). The molecule has 20 heavy (non-hydrogen) atoms. The molecule has 0 spiro atoms. The number of rotatable bonds is 4. The first-order valence-corrected chi connectivity index (χ1v) is 6.75. The summed E-state index contributed by atoms with van der Waals surface area (Å²) < 4.78 is 30.3. The molecule has 0 aliphatic rings. The van der Waals surface area contributed by atoms with Crippen molar-refractivity contribution < 1.29 is 42.7 Å². The molecule has 4 N–H and O–H groups in total. The molecule has 0 aromatic heterocycles. The molecule has 108 valence electrons. The van der Waals surface area contributed by atoms with Gasteiger partial charge < -0.3 is 15.3 Å². The van der Waals surface area contributed by atoms with Gasteiger partial charge in [-0.25, -0.2) is 14.4 Å². The van der Waals surface area contributed by atoms with E-state index in [0.29, 0.717) is 0 Å². The van der Waals surface area contributed by atoms with E-state index in [2.05, 4.69) is 15.9 Å². The molecular weight excluding hydrogens is 364 g/mol. The highest BCUT2D eigenvalue weighted by atomic mass is 79.9. The first kappa shape index (κ1) is 16.1. The molecule has 0 heterocycles. The summed E-state index contributed by atoms with van der Waals surface area (Å²) in [7, 11) is -5.07. The number of carbonyl (C=O) groups is 3. The van der Waals surface area contributed by atoms with Crippen molar-refractivity contribution in [2.75, 3.05) is 0 Å². The quantitative estimate of drug-likeness (QED) is 0.561. The van der Waals surface area contributed by atoms with Gasteiger partial charge in [-0.15, -0.1) is 0 Å². The molecule has 1 aromatic rings. The lowest BCUT2D eigenvalue weighted by Crippen LogP contribution is -2.17. The fourth-order valence-electron chi connectivity index (χ4n) is 1.41. The van der Waals surface area contributed by atoms with Crippen molar-refractivity contribution in [1.82, 2.24) is 0 Å². The summed E-state index contributed by atoms with van der Waals surface area (Å²) >= 11 is 2.54. The van der Waals surface area contributed by atoms with Gasteiger partial charge >= 0.3 is 17.9 Å². The molecule has 0 saturated heterocycles. The van der Waals surface area contributed by atoms with E-state index in [9.17, 15) is 22.8 Å². The highest BCUT2D eigenvalue weighted by molar-refractivity contribution is 9.10. The van der Waals surface area contributed by atoms with Gasteiger partial charge in [-0.1, -0.05) is 0 Å². The average molecular weight is 369 g/mol. The minimum absolute atomic E-state index is 0.273. The van der Waals surface area contributed by atoms with Gasteiger partial charge in [0.1, 0.15) is 4.90 Å². The van der Waals surface area contributed by atoms with Crippen LogP contribution in [0.5, 0.6) is 0 Å². The summed E-state index contributed by atoms with van der Waals surface area (Å²) in [5.74, 6) is -5.44. The molecule has 0 radical (unpaired) electrons. The summed E-state index contributed by atoms with van der Waals surface area (Å²) in [4.78, 5) is 31.7. The topological polar surface area (TPSA) is 166 Å². The largest absolute Gasteiger partial charge is 0.478 e. The van der Waals surface area contributed by atoms with Gasteiger partial charge in [0, 0.05) is 4.47 Å². The van der Waals surface area contributed by atoms with Crippen molar-refractivity contribution in [2.24, 2.45) is 0 Å². The maximum Gasteiger partial charge on any atom is 0.338 e. The Balaban J connectivity index is 4.05. The fourth-order valence-corrected chi connectivity index (χ4v) is 3.02. The Bertz CT molecular complexity index is 734. The Morgan fingerprint density at radius 3 is 1.70 bits per heavy atom. The lowest BCUT2D eigenvalue weighted by molar-refractivity contribution is 0.0646. The molecule has 0 amide bonds. The third-order valence-corrected chi connectivity index (χ3v) is 3.84. The Kier molecular flexibility index (Phi) is 4.17. The van der Waals surface area contributed by atoms with Crippen molar-refractivity contribution in [1.29, 1.82) is 0 Å². The minimum atomic E-state index is -5.07. The molecule has 0 fully saturated rings. The van der Waals surface area contributed by atoms with E-state index in [4.69, 9.17) is 19.9 Å². The summed E-state index contributed by atoms with van der Waals surface area (Å²) in [5, 5.41) is 26.6. The van der Waals surface area contributed by atoms with E-state index >= 15 is 0 Å². The second-order valence-electron chi connectivity index (χ2n) is 3.38. The maximum atomic E-state index is 11.1. The molecule has 0 unspecified atom stereocenters. The zero-order valence-corrected chi connectivity index (χ0v) is 11.6. The number of hydrogen-bond acceptors (Lipinski definition) is 5. The molecule has 0 atom stereocenters. The monoisotopic (exact) mass is 368 g/mol. The molecule has 11 heteroatoms. The number of aromatic carboxylic acids is 3. The number of carboxylic acids is 3. The van der Waals surface area contributed by atoms with Crippen LogP contribution in [0.25, 0.3) is 0 Å². The second kappa shape index (κ2) is 5.19. The number of hydrogen-bond donors (Lipinski definition) is 4. The Morgan fingerprint density at radius 1 is 0.950 bits per heavy atom. The minimum Gasteiger partial charge on any atom is -0.478 e. The highest BCUT2D eigenvalue weighted by Gasteiger charge is 2.31. The van der Waals surface area contributed by atoms with E-state index in [1.165, 1.54) is 0 Å². The summed E-state index contributed by atoms with van der Waals surface area (Å²) in [6.45, 7) is 0. The molecule has 0 aliphatic carbocycles. The summed E-state index contributed by atoms with van der Waals surface area (Å²) in [6.07, 6.45) is 0. The van der Waals surface area contributed by atoms with Gasteiger partial charge in [0.2, 0.25) is 0 Å². The van der Waals surface area contributed by atoms with E-state index in [1.54, 1.807) is 0 Å². The van der Waals surface area contributed by atoms with Gasteiger partial charge in [0.05, 0.1) is 16.7 Å². The van der Waals surface area contributed by atoms with Gasteiger partial charge in [-0.3, -0.25) is 4.55 Å². The molecule has 9 nitrogen and oxygen atoms in total. The fraction of sp³-hybridized carbons (Fsp3) is 0. The van der Waals surface area contributed by atoms with Gasteiger partial charge in [-0.05, 0) is 22.0 Å². The molecule has 1 aromatic carbocycles. The predicted octanol–water partition coefficient (Wildman–Crippen LogP) is 0.790. The normalized spacial score (nSPS) is 11.1. The average Bonchev–Trinajstić information content (AvgIpc) is 2.24. The molecule has 0 bridgehead atoms. The standard InChI is InChI=1S/C9H5BrO9S/c10-6-4(8(13)14)2(7(11)12)1-3(20(17,18)19)5(6)9(15)16/h1H,(H,11,12)(H,13,14)(H,15,16)(H,17,18,19). The summed E-state index contributed by atoms with van der Waals surface area (Å²) in [6, 6.07) is 0.273. The van der Waals surface area contributed by atoms with Crippen LogP contribution in [0.3, 0.4) is 0 Å². The third-order valence-electron chi connectivity index (χ3n) is 2.17. The van der Waals surface area contributed by atoms with Gasteiger partial charge in [-0.2, -0.15) is 8.42 Å². The smallest absolute Gasteiger partial charge is 0.338 e. The van der Waals surface area contributed by atoms with Crippen LogP contribution in [-0.4, -0.2) is 46.2 Å². The molecule has 0 saturated carbocycles. The second-order valence-corrected chi connectivity index (χ2v) is 5.56. The van der Waals surface area contributed by atoms with Crippen LogP contribution in [0.1, 0.15) is 31.1 Å². The molecular formula is C9H5BrO9S. The number of halogens is 1. The Labute approximate surface area is 119 Å². The lowest BCUT2D eigenvalue weighted by Gasteiger charge is -2.11. The van der Waals surface area contributed by atoms with E-state index in [0.717, 1.165) is 0 Å². The van der Waals surface area contributed by atoms with Crippen LogP contribution in [0.4, 0.5) is 0 Å². The summed E-state index contributed by atoms with van der Waals surface area (Å²) in [5.41, 5.74) is -3.00.